The standard InChI is InChI=1S/C16H11F3N2O2/c1-23-15(22)11(10-20)9-14-3-2-8-21(14)13-6-4-12(5-7-13)16(17,18)19/h2-9H,1H3/b11-9+. The second kappa shape index (κ2) is 6.40. The molecular weight excluding hydrogens is 309 g/mol. The molecule has 1 aromatic carbocycles. The molecular formula is C16H11F3N2O2. The minimum absolute atomic E-state index is 0.209. The number of halogens is 3. The first kappa shape index (κ1) is 16.4. The molecule has 0 aliphatic rings. The van der Waals surface area contributed by atoms with Crippen LogP contribution in [-0.2, 0) is 15.7 Å². The Kier molecular flexibility index (Phi) is 4.55. The van der Waals surface area contributed by atoms with Crippen molar-refractivity contribution in [1.29, 1.82) is 5.26 Å². The molecule has 0 bridgehead atoms. The van der Waals surface area contributed by atoms with Gasteiger partial charge in [0.25, 0.3) is 0 Å². The van der Waals surface area contributed by atoms with E-state index < -0.39 is 17.7 Å². The molecule has 0 fully saturated rings. The van der Waals surface area contributed by atoms with Gasteiger partial charge < -0.3 is 9.30 Å². The van der Waals surface area contributed by atoms with Crippen LogP contribution in [0, 0.1) is 11.3 Å². The molecule has 0 amide bonds. The van der Waals surface area contributed by atoms with Crippen molar-refractivity contribution < 1.29 is 22.7 Å². The number of nitrogens with zero attached hydrogens (tertiary/aromatic N) is 2. The Bertz CT molecular complexity index is 781. The molecule has 1 heterocycles. The molecule has 0 N–H and O–H groups in total. The van der Waals surface area contributed by atoms with Gasteiger partial charge in [0, 0.05) is 17.6 Å². The summed E-state index contributed by atoms with van der Waals surface area (Å²) in [6.07, 6.45) is -1.49. The minimum atomic E-state index is -4.41. The highest BCUT2D eigenvalue weighted by atomic mass is 19.4. The van der Waals surface area contributed by atoms with Gasteiger partial charge >= 0.3 is 12.1 Å². The summed E-state index contributed by atoms with van der Waals surface area (Å²) in [6, 6.07) is 9.55. The number of hydrogen-bond acceptors (Lipinski definition) is 3. The van der Waals surface area contributed by atoms with Crippen LogP contribution in [0.3, 0.4) is 0 Å². The van der Waals surface area contributed by atoms with E-state index in [9.17, 15) is 18.0 Å². The van der Waals surface area contributed by atoms with Crippen LogP contribution in [0.2, 0.25) is 0 Å². The Hall–Kier alpha value is -3.01. The summed E-state index contributed by atoms with van der Waals surface area (Å²) in [5, 5.41) is 8.96. The van der Waals surface area contributed by atoms with E-state index in [1.54, 1.807) is 29.0 Å². The van der Waals surface area contributed by atoms with Crippen molar-refractivity contribution in [3.8, 4) is 11.8 Å². The number of alkyl halides is 3. The summed E-state index contributed by atoms with van der Waals surface area (Å²) in [5.74, 6) is -0.785. The van der Waals surface area contributed by atoms with Crippen molar-refractivity contribution in [3.05, 3.63) is 59.4 Å². The molecule has 2 rings (SSSR count). The molecule has 2 aromatic rings. The summed E-state index contributed by atoms with van der Waals surface area (Å²) in [7, 11) is 1.16. The molecule has 0 radical (unpaired) electrons. The third-order valence-corrected chi connectivity index (χ3v) is 3.07. The van der Waals surface area contributed by atoms with Crippen molar-refractivity contribution >= 4 is 12.0 Å². The second-order valence-corrected chi connectivity index (χ2v) is 4.51. The van der Waals surface area contributed by atoms with E-state index in [0.717, 1.165) is 19.2 Å². The SMILES string of the molecule is COC(=O)/C(C#N)=C/c1cccn1-c1ccc(C(F)(F)F)cc1. The number of carbonyl (C=O) groups excluding carboxylic acids is 1. The first-order valence-corrected chi connectivity index (χ1v) is 6.42. The summed E-state index contributed by atoms with van der Waals surface area (Å²) >= 11 is 0. The highest BCUT2D eigenvalue weighted by molar-refractivity contribution is 5.97. The largest absolute Gasteiger partial charge is 0.465 e. The molecule has 4 nitrogen and oxygen atoms in total. The van der Waals surface area contributed by atoms with Gasteiger partial charge in [-0.25, -0.2) is 4.79 Å². The number of benzene rings is 1. The molecule has 0 spiro atoms. The first-order valence-electron chi connectivity index (χ1n) is 6.42. The van der Waals surface area contributed by atoms with Gasteiger partial charge in [-0.3, -0.25) is 0 Å². The zero-order valence-corrected chi connectivity index (χ0v) is 12.0. The van der Waals surface area contributed by atoms with Crippen molar-refractivity contribution in [2.45, 2.75) is 6.18 Å². The average molecular weight is 320 g/mol. The van der Waals surface area contributed by atoms with Gasteiger partial charge in [-0.05, 0) is 42.5 Å². The molecule has 0 saturated carbocycles. The summed E-state index contributed by atoms with van der Waals surface area (Å²) in [6.45, 7) is 0. The van der Waals surface area contributed by atoms with Crippen LogP contribution in [-0.4, -0.2) is 17.6 Å². The minimum Gasteiger partial charge on any atom is -0.465 e. The number of aromatic nitrogens is 1. The van der Waals surface area contributed by atoms with Crippen LogP contribution in [0.15, 0.2) is 48.2 Å². The van der Waals surface area contributed by atoms with Crippen molar-refractivity contribution in [1.82, 2.24) is 4.57 Å². The number of nitriles is 1. The Morgan fingerprint density at radius 3 is 2.43 bits per heavy atom. The van der Waals surface area contributed by atoms with E-state index >= 15 is 0 Å². The molecule has 118 valence electrons. The Morgan fingerprint density at radius 2 is 1.91 bits per heavy atom. The van der Waals surface area contributed by atoms with Gasteiger partial charge in [-0.15, -0.1) is 0 Å². The quantitative estimate of drug-likeness (QED) is 0.493. The zero-order chi connectivity index (χ0) is 17.0. The summed E-state index contributed by atoms with van der Waals surface area (Å²) < 4.78 is 43.8. The molecule has 7 heteroatoms. The molecule has 0 aliphatic carbocycles. The highest BCUT2D eigenvalue weighted by Gasteiger charge is 2.30. The van der Waals surface area contributed by atoms with Crippen LogP contribution in [0.4, 0.5) is 13.2 Å². The lowest BCUT2D eigenvalue weighted by Crippen LogP contribution is -2.06. The number of hydrogen-bond donors (Lipinski definition) is 0. The van der Waals surface area contributed by atoms with E-state index in [0.29, 0.717) is 11.4 Å². The lowest BCUT2D eigenvalue weighted by molar-refractivity contribution is -0.137. The van der Waals surface area contributed by atoms with Gasteiger partial charge in [-0.2, -0.15) is 18.4 Å². The number of rotatable bonds is 3. The van der Waals surface area contributed by atoms with Gasteiger partial charge in [0.2, 0.25) is 0 Å². The van der Waals surface area contributed by atoms with Crippen LogP contribution in [0.25, 0.3) is 11.8 Å². The van der Waals surface area contributed by atoms with Crippen LogP contribution in [0.5, 0.6) is 0 Å². The Balaban J connectivity index is 2.41. The van der Waals surface area contributed by atoms with Crippen LogP contribution >= 0.6 is 0 Å². The second-order valence-electron chi connectivity index (χ2n) is 4.51. The predicted octanol–water partition coefficient (Wildman–Crippen LogP) is 3.58. The fraction of sp³-hybridized carbons (Fsp3) is 0.125. The van der Waals surface area contributed by atoms with Crippen LogP contribution < -0.4 is 0 Å². The molecule has 0 aliphatic heterocycles. The van der Waals surface area contributed by atoms with E-state index in [2.05, 4.69) is 4.74 Å². The first-order chi connectivity index (χ1) is 10.9. The van der Waals surface area contributed by atoms with E-state index in [4.69, 9.17) is 5.26 Å². The Labute approximate surface area is 130 Å². The molecule has 0 atom stereocenters. The third kappa shape index (κ3) is 3.61. The predicted molar refractivity (Wildman–Crippen MR) is 76.4 cm³/mol. The van der Waals surface area contributed by atoms with Crippen molar-refractivity contribution in [3.63, 3.8) is 0 Å². The Morgan fingerprint density at radius 1 is 1.26 bits per heavy atom. The van der Waals surface area contributed by atoms with Gasteiger partial charge in [0.1, 0.15) is 11.6 Å². The van der Waals surface area contributed by atoms with Crippen molar-refractivity contribution in [2.75, 3.05) is 7.11 Å². The van der Waals surface area contributed by atoms with E-state index in [-0.39, 0.29) is 5.57 Å². The van der Waals surface area contributed by atoms with E-state index in [1.807, 2.05) is 0 Å². The highest BCUT2D eigenvalue weighted by Crippen LogP contribution is 2.30. The maximum Gasteiger partial charge on any atom is 0.416 e. The molecule has 1 aromatic heterocycles. The summed E-state index contributed by atoms with van der Waals surface area (Å²) in [4.78, 5) is 11.4. The topological polar surface area (TPSA) is 55.0 Å². The smallest absolute Gasteiger partial charge is 0.416 e. The fourth-order valence-corrected chi connectivity index (χ4v) is 1.95. The fourth-order valence-electron chi connectivity index (χ4n) is 1.95. The zero-order valence-electron chi connectivity index (χ0n) is 12.0. The lowest BCUT2D eigenvalue weighted by Gasteiger charge is -2.10. The molecule has 0 saturated heterocycles. The maximum atomic E-state index is 12.6. The normalized spacial score (nSPS) is 11.9. The maximum absolute atomic E-state index is 12.6. The third-order valence-electron chi connectivity index (χ3n) is 3.07. The average Bonchev–Trinajstić information content (AvgIpc) is 2.99. The molecule has 0 unspecified atom stereocenters. The number of esters is 1. The van der Waals surface area contributed by atoms with Gasteiger partial charge in [0.15, 0.2) is 0 Å². The van der Waals surface area contributed by atoms with E-state index in [1.165, 1.54) is 18.2 Å². The number of carbonyl (C=O) groups is 1. The lowest BCUT2D eigenvalue weighted by atomic mass is 10.2. The number of ether oxygens (including phenoxy) is 1. The van der Waals surface area contributed by atoms with Gasteiger partial charge in [-0.1, -0.05) is 0 Å². The van der Waals surface area contributed by atoms with Crippen LogP contribution in [0.1, 0.15) is 11.3 Å². The monoisotopic (exact) mass is 320 g/mol. The molecule has 23 heavy (non-hydrogen) atoms. The summed E-state index contributed by atoms with van der Waals surface area (Å²) in [5.41, 5.74) is -0.0275. The van der Waals surface area contributed by atoms with Gasteiger partial charge in [0.05, 0.1) is 12.7 Å². The van der Waals surface area contributed by atoms with Crippen molar-refractivity contribution in [2.24, 2.45) is 0 Å². The number of methoxy groups -OCH3 is 1.